The van der Waals surface area contributed by atoms with Gasteiger partial charge in [0, 0.05) is 19.0 Å². The van der Waals surface area contributed by atoms with Crippen molar-refractivity contribution in [1.82, 2.24) is 4.90 Å². The predicted molar refractivity (Wildman–Crippen MR) is 168 cm³/mol. The molecule has 2 aromatic rings. The van der Waals surface area contributed by atoms with Crippen LogP contribution in [0.5, 0.6) is 5.75 Å². The molecule has 40 heavy (non-hydrogen) atoms. The smallest absolute Gasteiger partial charge is 0.225 e. The van der Waals surface area contributed by atoms with Crippen molar-refractivity contribution in [1.29, 1.82) is 0 Å². The molecule has 4 atom stereocenters. The van der Waals surface area contributed by atoms with Gasteiger partial charge < -0.3 is 9.64 Å². The summed E-state index contributed by atoms with van der Waals surface area (Å²) in [5.74, 6) is 3.28. The zero-order chi connectivity index (χ0) is 28.4. The highest BCUT2D eigenvalue weighted by Crippen LogP contribution is 2.43. The second-order valence-corrected chi connectivity index (χ2v) is 13.3. The first-order valence-corrected chi connectivity index (χ1v) is 16.4. The molecular formula is C37H55NO2. The summed E-state index contributed by atoms with van der Waals surface area (Å²) in [6.07, 6.45) is 16.4. The molecule has 1 heterocycles. The van der Waals surface area contributed by atoms with Gasteiger partial charge in [0.15, 0.2) is 0 Å². The lowest BCUT2D eigenvalue weighted by Crippen LogP contribution is -2.39. The summed E-state index contributed by atoms with van der Waals surface area (Å²) in [6, 6.07) is 19.7. The van der Waals surface area contributed by atoms with E-state index >= 15 is 0 Å². The average Bonchev–Trinajstić information content (AvgIpc) is 3.01. The van der Waals surface area contributed by atoms with Crippen molar-refractivity contribution in [2.24, 2.45) is 23.7 Å². The predicted octanol–water partition coefficient (Wildman–Crippen LogP) is 9.58. The number of nitrogens with zero attached hydrogens (tertiary/aromatic N) is 1. The molecule has 1 aliphatic carbocycles. The fourth-order valence-corrected chi connectivity index (χ4v) is 7.78. The van der Waals surface area contributed by atoms with E-state index in [0.717, 1.165) is 31.1 Å². The Labute approximate surface area is 245 Å². The number of carbonyl (C=O) groups excluding carboxylic acids is 1. The molecule has 3 unspecified atom stereocenters. The third kappa shape index (κ3) is 8.14. The topological polar surface area (TPSA) is 29.5 Å². The lowest BCUT2D eigenvalue weighted by atomic mass is 9.67. The quantitative estimate of drug-likeness (QED) is 0.314. The Balaban J connectivity index is 1.63. The fourth-order valence-electron chi connectivity index (χ4n) is 7.78. The molecule has 0 radical (unpaired) electrons. The molecule has 1 saturated heterocycles. The van der Waals surface area contributed by atoms with Crippen molar-refractivity contribution < 1.29 is 9.53 Å². The Hall–Kier alpha value is -2.29. The van der Waals surface area contributed by atoms with Crippen LogP contribution in [-0.4, -0.2) is 24.5 Å². The second-order valence-electron chi connectivity index (χ2n) is 13.3. The standard InChI is InChI=1S/C37H55NO2/c1-5-29(2)27-37(34-17-10-7-11-18-34)23-12-16-33(26-31-14-8-6-9-15-31)30(3)36(39)38(25-13-24-37)28-32-19-21-35(40-4)22-20-32/h7,10-11,17-22,29-31,33H,5-6,8-9,12-16,23-28H2,1-4H3/t29?,30?,33?,37-/m0/s1. The van der Waals surface area contributed by atoms with E-state index in [-0.39, 0.29) is 11.3 Å². The van der Waals surface area contributed by atoms with Crippen LogP contribution < -0.4 is 4.74 Å². The molecule has 0 bridgehead atoms. The van der Waals surface area contributed by atoms with Crippen molar-refractivity contribution in [3.63, 3.8) is 0 Å². The van der Waals surface area contributed by atoms with E-state index in [1.54, 1.807) is 7.11 Å². The summed E-state index contributed by atoms with van der Waals surface area (Å²) in [6.45, 7) is 8.54. The lowest BCUT2D eigenvalue weighted by Gasteiger charge is -2.38. The summed E-state index contributed by atoms with van der Waals surface area (Å²) < 4.78 is 5.39. The molecule has 0 N–H and O–H groups in total. The summed E-state index contributed by atoms with van der Waals surface area (Å²) in [4.78, 5) is 16.4. The number of hydrogen-bond donors (Lipinski definition) is 0. The molecule has 1 aliphatic heterocycles. The van der Waals surface area contributed by atoms with Gasteiger partial charge >= 0.3 is 0 Å². The summed E-state index contributed by atoms with van der Waals surface area (Å²) >= 11 is 0. The largest absolute Gasteiger partial charge is 0.497 e. The van der Waals surface area contributed by atoms with Crippen LogP contribution in [0.2, 0.25) is 0 Å². The van der Waals surface area contributed by atoms with E-state index in [0.29, 0.717) is 24.3 Å². The maximum atomic E-state index is 14.2. The number of carbonyl (C=O) groups is 1. The van der Waals surface area contributed by atoms with E-state index in [4.69, 9.17) is 4.74 Å². The van der Waals surface area contributed by atoms with Crippen molar-refractivity contribution in [3.05, 3.63) is 65.7 Å². The van der Waals surface area contributed by atoms with Crippen LogP contribution in [0.3, 0.4) is 0 Å². The van der Waals surface area contributed by atoms with Crippen molar-refractivity contribution in [2.45, 2.75) is 116 Å². The van der Waals surface area contributed by atoms with E-state index in [1.807, 2.05) is 12.1 Å². The number of hydrogen-bond acceptors (Lipinski definition) is 2. The van der Waals surface area contributed by atoms with Crippen molar-refractivity contribution in [3.8, 4) is 5.75 Å². The first-order valence-electron chi connectivity index (χ1n) is 16.4. The highest BCUT2D eigenvalue weighted by molar-refractivity contribution is 5.78. The van der Waals surface area contributed by atoms with Gasteiger partial charge in [0.25, 0.3) is 0 Å². The van der Waals surface area contributed by atoms with E-state index in [2.05, 4.69) is 68.1 Å². The molecular weight excluding hydrogens is 490 g/mol. The highest BCUT2D eigenvalue weighted by Gasteiger charge is 2.36. The van der Waals surface area contributed by atoms with Crippen LogP contribution >= 0.6 is 0 Å². The maximum absolute atomic E-state index is 14.2. The Morgan fingerprint density at radius 2 is 1.62 bits per heavy atom. The molecule has 3 nitrogen and oxygen atoms in total. The van der Waals surface area contributed by atoms with Gasteiger partial charge in [-0.1, -0.05) is 108 Å². The van der Waals surface area contributed by atoms with Crippen LogP contribution in [0.25, 0.3) is 0 Å². The third-order valence-corrected chi connectivity index (χ3v) is 10.4. The highest BCUT2D eigenvalue weighted by atomic mass is 16.5. The van der Waals surface area contributed by atoms with Gasteiger partial charge in [-0.3, -0.25) is 4.79 Å². The van der Waals surface area contributed by atoms with E-state index in [1.165, 1.54) is 81.8 Å². The molecule has 0 spiro atoms. The number of rotatable bonds is 9. The van der Waals surface area contributed by atoms with E-state index in [9.17, 15) is 4.79 Å². The van der Waals surface area contributed by atoms with Gasteiger partial charge in [0.1, 0.15) is 5.75 Å². The lowest BCUT2D eigenvalue weighted by molar-refractivity contribution is -0.137. The number of benzene rings is 2. The van der Waals surface area contributed by atoms with Gasteiger partial charge in [-0.25, -0.2) is 0 Å². The van der Waals surface area contributed by atoms with Gasteiger partial charge in [-0.05, 0) is 85.0 Å². The van der Waals surface area contributed by atoms with Gasteiger partial charge in [0.05, 0.1) is 7.11 Å². The fraction of sp³-hybridized carbons (Fsp3) is 0.649. The molecule has 3 heteroatoms. The van der Waals surface area contributed by atoms with Crippen LogP contribution in [0.15, 0.2) is 54.6 Å². The van der Waals surface area contributed by atoms with Gasteiger partial charge in [-0.15, -0.1) is 0 Å². The molecule has 4 rings (SSSR count). The maximum Gasteiger partial charge on any atom is 0.225 e. The monoisotopic (exact) mass is 545 g/mol. The minimum atomic E-state index is 0.0824. The zero-order valence-electron chi connectivity index (χ0n) is 25.9. The Kier molecular flexibility index (Phi) is 11.6. The first-order chi connectivity index (χ1) is 19.4. The second kappa shape index (κ2) is 15.1. The van der Waals surface area contributed by atoms with Crippen molar-refractivity contribution >= 4 is 5.91 Å². The molecule has 1 saturated carbocycles. The van der Waals surface area contributed by atoms with Crippen LogP contribution in [0.1, 0.15) is 115 Å². The van der Waals surface area contributed by atoms with Crippen LogP contribution in [-0.2, 0) is 16.8 Å². The van der Waals surface area contributed by atoms with Gasteiger partial charge in [0.2, 0.25) is 5.91 Å². The normalized spacial score (nSPS) is 26.2. The summed E-state index contributed by atoms with van der Waals surface area (Å²) in [7, 11) is 1.71. The number of ether oxygens (including phenoxy) is 1. The molecule has 220 valence electrons. The van der Waals surface area contributed by atoms with Crippen LogP contribution in [0, 0.1) is 23.7 Å². The molecule has 2 fully saturated rings. The Morgan fingerprint density at radius 1 is 0.925 bits per heavy atom. The molecule has 1 amide bonds. The summed E-state index contributed by atoms with van der Waals surface area (Å²) in [5, 5.41) is 0. The van der Waals surface area contributed by atoms with Crippen LogP contribution in [0.4, 0.5) is 0 Å². The first kappa shape index (κ1) is 30.7. The van der Waals surface area contributed by atoms with E-state index < -0.39 is 0 Å². The summed E-state index contributed by atoms with van der Waals surface area (Å²) in [5.41, 5.74) is 2.89. The molecule has 2 aliphatic rings. The number of amides is 1. The Morgan fingerprint density at radius 3 is 2.30 bits per heavy atom. The molecule has 0 aromatic heterocycles. The average molecular weight is 546 g/mol. The zero-order valence-corrected chi connectivity index (χ0v) is 25.9. The number of methoxy groups -OCH3 is 1. The minimum absolute atomic E-state index is 0.0824. The molecule has 2 aromatic carbocycles. The van der Waals surface area contributed by atoms with Crippen molar-refractivity contribution in [2.75, 3.05) is 13.7 Å². The minimum Gasteiger partial charge on any atom is -0.497 e. The third-order valence-electron chi connectivity index (χ3n) is 10.4. The Bertz CT molecular complexity index is 1010. The van der Waals surface area contributed by atoms with Gasteiger partial charge in [-0.2, -0.15) is 0 Å². The SMILES string of the molecule is CCC(C)C[C@]1(c2ccccc2)CCCC(CC2CCCCC2)C(C)C(=O)N(Cc2ccc(OC)cc2)CCC1.